The molecule has 11 heteroatoms. The van der Waals surface area contributed by atoms with Gasteiger partial charge in [-0.05, 0) is 0 Å². The molecular weight excluding hydrogens is 360 g/mol. The van der Waals surface area contributed by atoms with E-state index in [0.717, 1.165) is 12.1 Å². The van der Waals surface area contributed by atoms with Crippen LogP contribution in [-0.2, 0) is 25.8 Å². The average Bonchev–Trinajstić information content (AvgIpc) is 2.38. The fourth-order valence-electron chi connectivity index (χ4n) is 1.20. The molecule has 0 bridgehead atoms. The van der Waals surface area contributed by atoms with Gasteiger partial charge >= 0.3 is 72.4 Å². The van der Waals surface area contributed by atoms with E-state index in [-0.39, 0.29) is 0 Å². The molecule has 1 aromatic carbocycles. The molecule has 1 rings (SSSR count). The molecule has 0 unspecified atom stereocenters. The van der Waals surface area contributed by atoms with Crippen LogP contribution in [0.25, 0.3) is 0 Å². The van der Waals surface area contributed by atoms with Crippen LogP contribution in [0.5, 0.6) is 0 Å². The zero-order valence-corrected chi connectivity index (χ0v) is 14.6. The fraction of sp³-hybridized carbons (Fsp3) is 0.500. The van der Waals surface area contributed by atoms with E-state index in [1.807, 2.05) is 13.8 Å². The summed E-state index contributed by atoms with van der Waals surface area (Å²) in [4.78, 5) is 9.21. The molecular formula is C12H20F3O6PS. The van der Waals surface area contributed by atoms with Gasteiger partial charge in [-0.3, -0.25) is 0 Å². The van der Waals surface area contributed by atoms with Crippen LogP contribution in [0, 0.1) is 0 Å². The van der Waals surface area contributed by atoms with E-state index in [9.17, 15) is 18.1 Å². The second-order valence-electron chi connectivity index (χ2n) is 3.83. The Bertz CT molecular complexity index is 504. The molecule has 1 aromatic rings. The first-order chi connectivity index (χ1) is 10.5. The maximum Gasteiger partial charge on any atom is 0.425 e. The summed E-state index contributed by atoms with van der Waals surface area (Å²) in [6.07, 6.45) is -4.21. The number of hydrogen-bond donors (Lipinski definition) is 1. The molecule has 136 valence electrons. The Morgan fingerprint density at radius 2 is 1.39 bits per heavy atom. The molecule has 0 saturated heterocycles. The first kappa shape index (κ1) is 24.2. The average molecular weight is 380 g/mol. The van der Waals surface area contributed by atoms with Crippen molar-refractivity contribution in [2.45, 2.75) is 20.0 Å². The van der Waals surface area contributed by atoms with Crippen molar-refractivity contribution in [3.63, 3.8) is 0 Å². The van der Waals surface area contributed by atoms with Crippen LogP contribution < -0.4 is 0 Å². The largest absolute Gasteiger partial charge is 0.425 e. The van der Waals surface area contributed by atoms with Gasteiger partial charge in [0.2, 0.25) is 0 Å². The quantitative estimate of drug-likeness (QED) is 0.808. The minimum absolute atomic E-state index is 0.513. The predicted octanol–water partition coefficient (Wildman–Crippen LogP) is 2.88. The molecule has 1 N–H and O–H groups in total. The van der Waals surface area contributed by atoms with E-state index in [1.54, 1.807) is 12.7 Å². The van der Waals surface area contributed by atoms with Crippen molar-refractivity contribution in [3.05, 3.63) is 35.9 Å². The number of halogens is 3. The predicted molar refractivity (Wildman–Crippen MR) is 80.9 cm³/mol. The molecule has 0 radical (unpaired) electrons. The van der Waals surface area contributed by atoms with Crippen molar-refractivity contribution >= 4 is 18.6 Å². The summed E-state index contributed by atoms with van der Waals surface area (Å²) >= 11 is 0. The van der Waals surface area contributed by atoms with Crippen molar-refractivity contribution in [2.75, 3.05) is 19.9 Å². The van der Waals surface area contributed by atoms with Crippen LogP contribution in [0.2, 0.25) is 0 Å². The molecule has 0 fully saturated rings. The second-order valence-corrected chi connectivity index (χ2v) is 6.61. The zero-order chi connectivity index (χ0) is 18.5. The Labute approximate surface area is 134 Å². The monoisotopic (exact) mass is 380 g/mol. The van der Waals surface area contributed by atoms with E-state index in [1.165, 1.54) is 12.1 Å². The Hall–Kier alpha value is -1.06. The summed E-state index contributed by atoms with van der Waals surface area (Å²) in [5.74, 6) is 0. The van der Waals surface area contributed by atoms with Gasteiger partial charge in [-0.2, -0.15) is 13.2 Å². The second kappa shape index (κ2) is 12.4. The molecule has 0 aromatic heterocycles. The molecule has 0 spiro atoms. The maximum absolute atomic E-state index is 11.8. The topological polar surface area (TPSA) is 89.9 Å². The minimum Gasteiger partial charge on any atom is -0.166 e. The standard InChI is InChI=1S/C7H5F3.C5H15O3P.O3S/c8-7(9,10)6-4-2-1-3-5-6;1-4-7-9(3,6)8-5-2;1-4(2)3/h1-5H;6,9H,4-5H2,1-3H3;. The number of benzene rings is 1. The first-order valence-corrected chi connectivity index (χ1v) is 9.61. The number of alkyl halides is 3. The van der Waals surface area contributed by atoms with E-state index in [4.69, 9.17) is 21.7 Å². The summed E-state index contributed by atoms with van der Waals surface area (Å²) < 4.78 is 70.6. The molecule has 0 amide bonds. The molecule has 6 nitrogen and oxygen atoms in total. The van der Waals surface area contributed by atoms with Crippen LogP contribution in [0.3, 0.4) is 0 Å². The molecule has 23 heavy (non-hydrogen) atoms. The van der Waals surface area contributed by atoms with Crippen LogP contribution in [-0.4, -0.2) is 37.4 Å². The van der Waals surface area contributed by atoms with Gasteiger partial charge in [-0.15, -0.1) is 12.6 Å². The molecule has 0 atom stereocenters. The Morgan fingerprint density at radius 3 is 1.61 bits per heavy atom. The maximum atomic E-state index is 11.8. The summed E-state index contributed by atoms with van der Waals surface area (Å²) in [6.45, 7) is 6.30. The van der Waals surface area contributed by atoms with Gasteiger partial charge in [0.05, 0.1) is 5.56 Å². The third-order valence-corrected chi connectivity index (χ3v) is 3.57. The van der Waals surface area contributed by atoms with Gasteiger partial charge in [0, 0.05) is 0 Å². The zero-order valence-electron chi connectivity index (χ0n) is 12.8. The third kappa shape index (κ3) is 17.1. The van der Waals surface area contributed by atoms with Crippen LogP contribution in [0.1, 0.15) is 19.4 Å². The molecule has 0 heterocycles. The van der Waals surface area contributed by atoms with Gasteiger partial charge < -0.3 is 0 Å². The van der Waals surface area contributed by atoms with Crippen LogP contribution >= 0.6 is 7.94 Å². The Balaban J connectivity index is 0. The van der Waals surface area contributed by atoms with Crippen LogP contribution in [0.4, 0.5) is 13.2 Å². The molecule has 0 aliphatic rings. The van der Waals surface area contributed by atoms with Crippen LogP contribution in [0.15, 0.2) is 30.3 Å². The SMILES string of the molecule is CCO[PH](C)(O)OCC.FC(F)(F)c1ccccc1.O=S(=O)=O. The summed E-state index contributed by atoms with van der Waals surface area (Å²) in [6, 6.07) is 6.36. The van der Waals surface area contributed by atoms with Crippen molar-refractivity contribution < 1.29 is 39.7 Å². The van der Waals surface area contributed by atoms with E-state index in [2.05, 4.69) is 0 Å². The van der Waals surface area contributed by atoms with Gasteiger partial charge in [0.1, 0.15) is 0 Å². The van der Waals surface area contributed by atoms with Gasteiger partial charge in [0.25, 0.3) is 0 Å². The molecule has 0 aliphatic heterocycles. The van der Waals surface area contributed by atoms with E-state index < -0.39 is 30.3 Å². The number of hydrogen-bond acceptors (Lipinski definition) is 6. The van der Waals surface area contributed by atoms with E-state index >= 15 is 0 Å². The van der Waals surface area contributed by atoms with Crippen molar-refractivity contribution in [3.8, 4) is 0 Å². The third-order valence-electron chi connectivity index (χ3n) is 1.93. The minimum atomic E-state index is -4.21. The van der Waals surface area contributed by atoms with E-state index in [0.29, 0.717) is 13.2 Å². The summed E-state index contributed by atoms with van der Waals surface area (Å²) in [5, 5.41) is 0. The van der Waals surface area contributed by atoms with Crippen molar-refractivity contribution in [1.29, 1.82) is 0 Å². The Morgan fingerprint density at radius 1 is 1.04 bits per heavy atom. The number of rotatable bonds is 4. The molecule has 0 aliphatic carbocycles. The smallest absolute Gasteiger partial charge is 0.166 e. The van der Waals surface area contributed by atoms with Gasteiger partial charge in [-0.25, -0.2) is 0 Å². The molecule has 0 saturated carbocycles. The van der Waals surface area contributed by atoms with Gasteiger partial charge in [0.15, 0.2) is 0 Å². The summed E-state index contributed by atoms with van der Waals surface area (Å²) in [5.41, 5.74) is -0.602. The fourth-order valence-corrected chi connectivity index (χ4v) is 2.36. The van der Waals surface area contributed by atoms with Gasteiger partial charge in [-0.1, -0.05) is 30.3 Å². The summed E-state index contributed by atoms with van der Waals surface area (Å²) in [7, 11) is -5.81. The Kier molecular flexibility index (Phi) is 13.0. The first-order valence-electron chi connectivity index (χ1n) is 6.35. The normalized spacial score (nSPS) is 11.4. The van der Waals surface area contributed by atoms with Crippen molar-refractivity contribution in [1.82, 2.24) is 0 Å². The van der Waals surface area contributed by atoms with Crippen molar-refractivity contribution in [2.24, 2.45) is 0 Å².